The highest BCUT2D eigenvalue weighted by atomic mass is 32.1. The second kappa shape index (κ2) is 6.64. The van der Waals surface area contributed by atoms with E-state index in [-0.39, 0.29) is 17.9 Å². The average Bonchev–Trinajstić information content (AvgIpc) is 3.32. The number of thiazole rings is 1. The molecule has 0 N–H and O–H groups in total. The summed E-state index contributed by atoms with van der Waals surface area (Å²) >= 11 is 1.66. The second-order valence-electron chi connectivity index (χ2n) is 6.13. The van der Waals surface area contributed by atoms with Crippen molar-refractivity contribution in [1.82, 2.24) is 9.97 Å². The van der Waals surface area contributed by atoms with Crippen molar-refractivity contribution in [2.45, 2.75) is 57.7 Å². The van der Waals surface area contributed by atoms with Gasteiger partial charge in [-0.2, -0.15) is 0 Å². The minimum absolute atomic E-state index is 0.188. The molecule has 0 radical (unpaired) electrons. The van der Waals surface area contributed by atoms with Crippen LogP contribution in [0.25, 0.3) is 0 Å². The third-order valence-corrected chi connectivity index (χ3v) is 5.84. The number of aromatic nitrogens is 2. The van der Waals surface area contributed by atoms with E-state index in [1.165, 1.54) is 6.39 Å². The normalized spacial score (nSPS) is 23.2. The van der Waals surface area contributed by atoms with E-state index >= 15 is 0 Å². The Morgan fingerprint density at radius 3 is 3.12 bits per heavy atom. The smallest absolute Gasteiger partial charge is 0.361 e. The highest BCUT2D eigenvalue weighted by molar-refractivity contribution is 7.11. The van der Waals surface area contributed by atoms with E-state index in [4.69, 9.17) is 13.9 Å². The Balaban J connectivity index is 1.53. The molecule has 6 nitrogen and oxygen atoms in total. The van der Waals surface area contributed by atoms with Crippen molar-refractivity contribution in [3.8, 4) is 0 Å². The summed E-state index contributed by atoms with van der Waals surface area (Å²) in [5, 5.41) is 1.10. The van der Waals surface area contributed by atoms with Gasteiger partial charge in [0.2, 0.25) is 0 Å². The van der Waals surface area contributed by atoms with E-state index in [1.807, 2.05) is 0 Å². The van der Waals surface area contributed by atoms with Gasteiger partial charge in [0, 0.05) is 6.61 Å². The van der Waals surface area contributed by atoms with Crippen LogP contribution < -0.4 is 0 Å². The van der Waals surface area contributed by atoms with Crippen LogP contribution in [0.2, 0.25) is 0 Å². The molecule has 0 unspecified atom stereocenters. The van der Waals surface area contributed by atoms with Gasteiger partial charge in [0.1, 0.15) is 12.2 Å². The molecular weight excluding hydrogens is 328 g/mol. The molecule has 2 aromatic rings. The molecule has 1 saturated heterocycles. The lowest BCUT2D eigenvalue weighted by atomic mass is 10.0. The summed E-state index contributed by atoms with van der Waals surface area (Å²) in [5.74, 6) is 0.0608. The van der Waals surface area contributed by atoms with E-state index in [0.29, 0.717) is 12.4 Å². The first-order valence-electron chi connectivity index (χ1n) is 8.50. The summed E-state index contributed by atoms with van der Waals surface area (Å²) in [6.07, 6.45) is 6.37. The highest BCUT2D eigenvalue weighted by Gasteiger charge is 2.32. The number of oxazole rings is 1. The molecule has 2 atom stereocenters. The van der Waals surface area contributed by atoms with Crippen LogP contribution in [0.1, 0.15) is 76.6 Å². The number of aryl methyl sites for hydroxylation is 2. The number of fused-ring (bicyclic) bond motifs is 1. The molecule has 128 valence electrons. The molecule has 1 fully saturated rings. The van der Waals surface area contributed by atoms with Crippen LogP contribution in [0, 0.1) is 0 Å². The lowest BCUT2D eigenvalue weighted by Crippen LogP contribution is -2.17. The molecule has 7 heteroatoms. The number of carbonyl (C=O) groups excluding carboxylic acids is 1. The maximum absolute atomic E-state index is 12.6. The Bertz CT molecular complexity index is 733. The van der Waals surface area contributed by atoms with Crippen molar-refractivity contribution >= 4 is 17.3 Å². The van der Waals surface area contributed by atoms with Gasteiger partial charge in [-0.1, -0.05) is 6.92 Å². The fraction of sp³-hybridized carbons (Fsp3) is 0.588. The van der Waals surface area contributed by atoms with Crippen LogP contribution in [-0.4, -0.2) is 22.5 Å². The van der Waals surface area contributed by atoms with Gasteiger partial charge in [0.05, 0.1) is 15.6 Å². The molecule has 2 aromatic heterocycles. The molecule has 0 bridgehead atoms. The molecule has 0 saturated carbocycles. The molecule has 4 rings (SSSR count). The van der Waals surface area contributed by atoms with Crippen molar-refractivity contribution in [2.75, 3.05) is 6.61 Å². The van der Waals surface area contributed by atoms with Gasteiger partial charge in [0.15, 0.2) is 17.8 Å². The zero-order valence-electron chi connectivity index (χ0n) is 13.6. The Hall–Kier alpha value is -1.73. The molecule has 2 aliphatic rings. The topological polar surface area (TPSA) is 74.5 Å². The van der Waals surface area contributed by atoms with Crippen molar-refractivity contribution in [2.24, 2.45) is 0 Å². The van der Waals surface area contributed by atoms with Gasteiger partial charge in [-0.05, 0) is 38.5 Å². The molecular formula is C17H20N2O4S. The van der Waals surface area contributed by atoms with Crippen molar-refractivity contribution < 1.29 is 18.7 Å². The molecule has 0 spiro atoms. The number of ether oxygens (including phenoxy) is 2. The first-order chi connectivity index (χ1) is 11.8. The molecule has 0 aromatic carbocycles. The predicted octanol–water partition coefficient (Wildman–Crippen LogP) is 3.78. The highest BCUT2D eigenvalue weighted by Crippen LogP contribution is 2.38. The van der Waals surface area contributed by atoms with Crippen LogP contribution in [0.3, 0.4) is 0 Å². The van der Waals surface area contributed by atoms with E-state index in [0.717, 1.165) is 54.1 Å². The number of rotatable bonds is 4. The lowest BCUT2D eigenvalue weighted by molar-refractivity contribution is 0.0244. The van der Waals surface area contributed by atoms with Gasteiger partial charge in [-0.25, -0.2) is 14.8 Å². The Kier molecular flexibility index (Phi) is 4.37. The number of hydrogen-bond acceptors (Lipinski definition) is 7. The standard InChI is InChI=1S/C17H20N2O4S/c1-2-13-19-10-5-3-6-12(16(10)24-13)23-17(20)14-15(22-9-18-14)11-7-4-8-21-11/h9,11-12H,2-8H2,1H3/t11-,12+/m0/s1. The van der Waals surface area contributed by atoms with E-state index in [9.17, 15) is 4.79 Å². The predicted molar refractivity (Wildman–Crippen MR) is 87.0 cm³/mol. The van der Waals surface area contributed by atoms with E-state index in [2.05, 4.69) is 16.9 Å². The Morgan fingerprint density at radius 2 is 2.33 bits per heavy atom. The summed E-state index contributed by atoms with van der Waals surface area (Å²) in [6, 6.07) is 0. The lowest BCUT2D eigenvalue weighted by Gasteiger charge is -2.21. The van der Waals surface area contributed by atoms with Crippen molar-refractivity contribution in [3.05, 3.63) is 33.4 Å². The number of esters is 1. The van der Waals surface area contributed by atoms with Crippen LogP contribution >= 0.6 is 11.3 Å². The Morgan fingerprint density at radius 1 is 1.42 bits per heavy atom. The van der Waals surface area contributed by atoms with Crippen molar-refractivity contribution in [1.29, 1.82) is 0 Å². The van der Waals surface area contributed by atoms with Gasteiger partial charge >= 0.3 is 5.97 Å². The molecule has 1 aliphatic carbocycles. The summed E-state index contributed by atoms with van der Waals surface area (Å²) in [4.78, 5) is 22.4. The number of hydrogen-bond donors (Lipinski definition) is 0. The third-order valence-electron chi connectivity index (χ3n) is 4.51. The van der Waals surface area contributed by atoms with Gasteiger partial charge in [-0.3, -0.25) is 0 Å². The zero-order chi connectivity index (χ0) is 16.5. The second-order valence-corrected chi connectivity index (χ2v) is 7.24. The van der Waals surface area contributed by atoms with Gasteiger partial charge in [-0.15, -0.1) is 11.3 Å². The quantitative estimate of drug-likeness (QED) is 0.783. The number of carbonyl (C=O) groups is 1. The third kappa shape index (κ3) is 2.86. The Labute approximate surface area is 144 Å². The summed E-state index contributed by atoms with van der Waals surface area (Å²) in [7, 11) is 0. The van der Waals surface area contributed by atoms with Crippen LogP contribution in [0.5, 0.6) is 0 Å². The largest absolute Gasteiger partial charge is 0.452 e. The van der Waals surface area contributed by atoms with E-state index in [1.54, 1.807) is 11.3 Å². The fourth-order valence-electron chi connectivity index (χ4n) is 3.30. The number of nitrogens with zero attached hydrogens (tertiary/aromatic N) is 2. The monoisotopic (exact) mass is 348 g/mol. The van der Waals surface area contributed by atoms with Crippen LogP contribution in [0.15, 0.2) is 10.8 Å². The summed E-state index contributed by atoms with van der Waals surface area (Å²) < 4.78 is 16.8. The molecule has 3 heterocycles. The van der Waals surface area contributed by atoms with Gasteiger partial charge < -0.3 is 13.9 Å². The molecule has 1 aliphatic heterocycles. The zero-order valence-corrected chi connectivity index (χ0v) is 14.4. The molecule has 0 amide bonds. The van der Waals surface area contributed by atoms with Crippen molar-refractivity contribution in [3.63, 3.8) is 0 Å². The SMILES string of the molecule is CCc1nc2c(s1)[C@H](OC(=O)c1ncoc1[C@@H]1CCCO1)CCC2. The minimum Gasteiger partial charge on any atom is -0.452 e. The average molecular weight is 348 g/mol. The van der Waals surface area contributed by atoms with E-state index < -0.39 is 5.97 Å². The summed E-state index contributed by atoms with van der Waals surface area (Å²) in [5.41, 5.74) is 1.33. The van der Waals surface area contributed by atoms with Crippen LogP contribution in [0.4, 0.5) is 0 Å². The first-order valence-corrected chi connectivity index (χ1v) is 9.32. The summed E-state index contributed by atoms with van der Waals surface area (Å²) in [6.45, 7) is 2.78. The van der Waals surface area contributed by atoms with Crippen LogP contribution in [-0.2, 0) is 22.3 Å². The maximum atomic E-state index is 12.6. The first kappa shape index (κ1) is 15.8. The van der Waals surface area contributed by atoms with Gasteiger partial charge in [0.25, 0.3) is 0 Å². The maximum Gasteiger partial charge on any atom is 0.361 e. The minimum atomic E-state index is -0.432. The molecule has 24 heavy (non-hydrogen) atoms. The fourth-order valence-corrected chi connectivity index (χ4v) is 4.42.